The summed E-state index contributed by atoms with van der Waals surface area (Å²) in [7, 11) is 0. The van der Waals surface area contributed by atoms with E-state index in [0.717, 1.165) is 6.29 Å². The monoisotopic (exact) mass is 216 g/mol. The largest absolute Gasteiger partial charge is 0.303 e. The normalized spacial score (nSPS) is 17.3. The van der Waals surface area contributed by atoms with Crippen LogP contribution in [0.2, 0.25) is 0 Å². The summed E-state index contributed by atoms with van der Waals surface area (Å²) in [5.74, 6) is 0.698. The third-order valence-corrected chi connectivity index (χ3v) is 3.65. The number of carbonyl (C=O) groups excluding carboxylic acids is 1. The standard InChI is InChI=1S/C15H20O/c1-12-7-8-14(9-10-16)15(11-12)13-5-3-2-4-6-13/h7-8,10-11,13H,2-6,9H2,1H3. The summed E-state index contributed by atoms with van der Waals surface area (Å²) in [6.45, 7) is 2.14. The molecule has 0 spiro atoms. The summed E-state index contributed by atoms with van der Waals surface area (Å²) >= 11 is 0. The first-order valence-electron chi connectivity index (χ1n) is 6.34. The van der Waals surface area contributed by atoms with Crippen molar-refractivity contribution in [2.24, 2.45) is 0 Å². The summed E-state index contributed by atoms with van der Waals surface area (Å²) in [5, 5.41) is 0. The highest BCUT2D eigenvalue weighted by molar-refractivity contribution is 5.57. The third kappa shape index (κ3) is 2.52. The predicted molar refractivity (Wildman–Crippen MR) is 66.8 cm³/mol. The second kappa shape index (κ2) is 5.29. The van der Waals surface area contributed by atoms with Crippen LogP contribution in [0.5, 0.6) is 0 Å². The van der Waals surface area contributed by atoms with Crippen LogP contribution in [-0.4, -0.2) is 6.29 Å². The van der Waals surface area contributed by atoms with Gasteiger partial charge in [0.25, 0.3) is 0 Å². The number of rotatable bonds is 3. The Labute approximate surface area is 97.9 Å². The van der Waals surface area contributed by atoms with Crippen LogP contribution in [-0.2, 0) is 11.2 Å². The Kier molecular flexibility index (Phi) is 3.76. The van der Waals surface area contributed by atoms with Gasteiger partial charge in [-0.15, -0.1) is 0 Å². The molecule has 1 aromatic rings. The fourth-order valence-corrected chi connectivity index (χ4v) is 2.78. The molecule has 0 saturated heterocycles. The molecule has 0 radical (unpaired) electrons. The lowest BCUT2D eigenvalue weighted by Crippen LogP contribution is -2.08. The number of aryl methyl sites for hydroxylation is 1. The van der Waals surface area contributed by atoms with Crippen molar-refractivity contribution in [2.75, 3.05) is 0 Å². The maximum Gasteiger partial charge on any atom is 0.124 e. The van der Waals surface area contributed by atoms with Crippen LogP contribution in [0.1, 0.15) is 54.7 Å². The highest BCUT2D eigenvalue weighted by Crippen LogP contribution is 2.34. The maximum absolute atomic E-state index is 10.7. The first-order valence-corrected chi connectivity index (χ1v) is 6.34. The summed E-state index contributed by atoms with van der Waals surface area (Å²) in [6, 6.07) is 6.54. The Morgan fingerprint density at radius 1 is 1.25 bits per heavy atom. The second-order valence-electron chi connectivity index (χ2n) is 4.91. The van der Waals surface area contributed by atoms with E-state index in [1.54, 1.807) is 0 Å². The van der Waals surface area contributed by atoms with Gasteiger partial charge in [-0.1, -0.05) is 43.0 Å². The number of carbonyl (C=O) groups is 1. The first-order chi connectivity index (χ1) is 7.81. The van der Waals surface area contributed by atoms with Gasteiger partial charge in [0.05, 0.1) is 0 Å². The maximum atomic E-state index is 10.7. The van der Waals surface area contributed by atoms with Gasteiger partial charge >= 0.3 is 0 Å². The third-order valence-electron chi connectivity index (χ3n) is 3.65. The molecule has 0 heterocycles. The van der Waals surface area contributed by atoms with Crippen molar-refractivity contribution in [3.05, 3.63) is 34.9 Å². The minimum Gasteiger partial charge on any atom is -0.303 e. The molecule has 0 atom stereocenters. The highest BCUT2D eigenvalue weighted by atomic mass is 16.1. The second-order valence-corrected chi connectivity index (χ2v) is 4.91. The molecule has 1 aliphatic carbocycles. The van der Waals surface area contributed by atoms with E-state index < -0.39 is 0 Å². The molecule has 1 fully saturated rings. The van der Waals surface area contributed by atoms with Gasteiger partial charge in [-0.2, -0.15) is 0 Å². The van der Waals surface area contributed by atoms with E-state index in [1.807, 2.05) is 0 Å². The van der Waals surface area contributed by atoms with E-state index in [1.165, 1.54) is 48.8 Å². The molecule has 0 unspecified atom stereocenters. The molecule has 1 heteroatoms. The topological polar surface area (TPSA) is 17.1 Å². The molecule has 0 amide bonds. The number of hydrogen-bond donors (Lipinski definition) is 0. The minimum atomic E-state index is 0.576. The van der Waals surface area contributed by atoms with E-state index in [-0.39, 0.29) is 0 Å². The van der Waals surface area contributed by atoms with Crippen molar-refractivity contribution >= 4 is 6.29 Å². The van der Waals surface area contributed by atoms with Crippen LogP contribution in [0, 0.1) is 6.92 Å². The van der Waals surface area contributed by atoms with Crippen LogP contribution in [0.25, 0.3) is 0 Å². The molecule has 0 N–H and O–H groups in total. The van der Waals surface area contributed by atoms with Gasteiger partial charge in [0.2, 0.25) is 0 Å². The highest BCUT2D eigenvalue weighted by Gasteiger charge is 2.18. The van der Waals surface area contributed by atoms with Gasteiger partial charge in [-0.05, 0) is 36.8 Å². The zero-order valence-corrected chi connectivity index (χ0v) is 10.0. The average molecular weight is 216 g/mol. The van der Waals surface area contributed by atoms with Crippen molar-refractivity contribution in [1.82, 2.24) is 0 Å². The molecule has 1 aromatic carbocycles. The Bertz CT molecular complexity index is 362. The molecule has 2 rings (SSSR count). The number of hydrogen-bond acceptors (Lipinski definition) is 1. The molecule has 1 nitrogen and oxygen atoms in total. The Balaban J connectivity index is 2.27. The van der Waals surface area contributed by atoms with Gasteiger partial charge < -0.3 is 4.79 Å². The molecule has 86 valence electrons. The number of benzene rings is 1. The van der Waals surface area contributed by atoms with Crippen LogP contribution < -0.4 is 0 Å². The minimum absolute atomic E-state index is 0.576. The van der Waals surface area contributed by atoms with Gasteiger partial charge in [-0.3, -0.25) is 0 Å². The number of aldehydes is 1. The summed E-state index contributed by atoms with van der Waals surface area (Å²) in [6.07, 6.45) is 8.28. The molecule has 0 aromatic heterocycles. The van der Waals surface area contributed by atoms with Gasteiger partial charge in [0, 0.05) is 6.42 Å². The van der Waals surface area contributed by atoms with Crippen LogP contribution in [0.15, 0.2) is 18.2 Å². The molecule has 0 bridgehead atoms. The molecular weight excluding hydrogens is 196 g/mol. The summed E-state index contributed by atoms with van der Waals surface area (Å²) in [5.41, 5.74) is 3.99. The average Bonchev–Trinajstić information content (AvgIpc) is 2.33. The zero-order valence-electron chi connectivity index (χ0n) is 10.0. The molecule has 1 aliphatic rings. The van der Waals surface area contributed by atoms with Crippen molar-refractivity contribution in [3.63, 3.8) is 0 Å². The SMILES string of the molecule is Cc1ccc(CC=O)c(C2CCCCC2)c1. The van der Waals surface area contributed by atoms with E-state index in [4.69, 9.17) is 0 Å². The molecular formula is C15H20O. The van der Waals surface area contributed by atoms with Crippen molar-refractivity contribution in [3.8, 4) is 0 Å². The van der Waals surface area contributed by atoms with Crippen molar-refractivity contribution < 1.29 is 4.79 Å². The smallest absolute Gasteiger partial charge is 0.124 e. The van der Waals surface area contributed by atoms with E-state index in [2.05, 4.69) is 25.1 Å². The lowest BCUT2D eigenvalue weighted by molar-refractivity contribution is -0.107. The summed E-state index contributed by atoms with van der Waals surface area (Å²) in [4.78, 5) is 10.7. The lowest BCUT2D eigenvalue weighted by atomic mass is 9.81. The van der Waals surface area contributed by atoms with Crippen LogP contribution in [0.4, 0.5) is 0 Å². The van der Waals surface area contributed by atoms with E-state index >= 15 is 0 Å². The lowest BCUT2D eigenvalue weighted by Gasteiger charge is -2.24. The van der Waals surface area contributed by atoms with Crippen LogP contribution in [0.3, 0.4) is 0 Å². The van der Waals surface area contributed by atoms with Crippen molar-refractivity contribution in [1.29, 1.82) is 0 Å². The van der Waals surface area contributed by atoms with E-state index in [9.17, 15) is 4.79 Å². The van der Waals surface area contributed by atoms with Gasteiger partial charge in [0.15, 0.2) is 0 Å². The first kappa shape index (κ1) is 11.4. The predicted octanol–water partition coefficient (Wildman–Crippen LogP) is 3.78. The van der Waals surface area contributed by atoms with Gasteiger partial charge in [0.1, 0.15) is 6.29 Å². The van der Waals surface area contributed by atoms with Gasteiger partial charge in [-0.25, -0.2) is 0 Å². The zero-order chi connectivity index (χ0) is 11.4. The molecule has 0 aliphatic heterocycles. The van der Waals surface area contributed by atoms with Crippen LogP contribution >= 0.6 is 0 Å². The summed E-state index contributed by atoms with van der Waals surface area (Å²) < 4.78 is 0. The Morgan fingerprint density at radius 3 is 2.69 bits per heavy atom. The molecule has 16 heavy (non-hydrogen) atoms. The van der Waals surface area contributed by atoms with Crippen molar-refractivity contribution in [2.45, 2.75) is 51.4 Å². The Morgan fingerprint density at radius 2 is 2.00 bits per heavy atom. The Hall–Kier alpha value is -1.11. The molecule has 1 saturated carbocycles. The quantitative estimate of drug-likeness (QED) is 0.703. The fourth-order valence-electron chi connectivity index (χ4n) is 2.78. The van der Waals surface area contributed by atoms with E-state index in [0.29, 0.717) is 12.3 Å². The fraction of sp³-hybridized carbons (Fsp3) is 0.533.